The van der Waals surface area contributed by atoms with Gasteiger partial charge in [-0.1, -0.05) is 0 Å². The fourth-order valence-corrected chi connectivity index (χ4v) is 5.38. The molecule has 0 radical (unpaired) electrons. The van der Waals surface area contributed by atoms with Crippen LogP contribution in [0.1, 0.15) is 5.56 Å². The van der Waals surface area contributed by atoms with Crippen molar-refractivity contribution in [2.45, 2.75) is 12.1 Å². The second-order valence-electron chi connectivity index (χ2n) is 6.60. The van der Waals surface area contributed by atoms with Gasteiger partial charge in [0.05, 0.1) is 0 Å². The summed E-state index contributed by atoms with van der Waals surface area (Å²) >= 11 is 0. The number of rotatable bonds is 3. The normalized spacial score (nSPS) is 24.5. The Labute approximate surface area is 141 Å². The molecule has 2 atom stereocenters. The van der Waals surface area contributed by atoms with Crippen molar-refractivity contribution >= 4 is 15.8 Å². The van der Waals surface area contributed by atoms with Crippen LogP contribution in [0, 0.1) is 18.8 Å². The lowest BCUT2D eigenvalue weighted by molar-refractivity contribution is 0.444. The number of nitrogens with zero attached hydrogens (tertiary/aromatic N) is 6. The molecule has 4 rings (SSSR count). The van der Waals surface area contributed by atoms with E-state index in [2.05, 4.69) is 19.9 Å². The highest BCUT2D eigenvalue weighted by molar-refractivity contribution is 7.89. The summed E-state index contributed by atoms with van der Waals surface area (Å²) in [6.45, 7) is 4.74. The number of anilines is 1. The summed E-state index contributed by atoms with van der Waals surface area (Å²) in [5, 5.41) is 0.117. The van der Waals surface area contributed by atoms with Crippen molar-refractivity contribution in [3.8, 4) is 0 Å². The molecule has 2 saturated heterocycles. The van der Waals surface area contributed by atoms with E-state index in [-0.39, 0.29) is 5.16 Å². The molecule has 9 heteroatoms. The van der Waals surface area contributed by atoms with Crippen LogP contribution >= 0.6 is 0 Å². The lowest BCUT2D eigenvalue weighted by atomic mass is 10.0. The van der Waals surface area contributed by atoms with Crippen molar-refractivity contribution in [2.75, 3.05) is 31.1 Å². The van der Waals surface area contributed by atoms with Crippen molar-refractivity contribution in [1.82, 2.24) is 23.8 Å². The number of fused-ring (bicyclic) bond motifs is 1. The molecule has 2 aromatic heterocycles. The molecular formula is C15H20N6O2S. The van der Waals surface area contributed by atoms with Gasteiger partial charge in [-0.2, -0.15) is 4.31 Å². The van der Waals surface area contributed by atoms with Gasteiger partial charge in [0.2, 0.25) is 5.16 Å². The number of aromatic nitrogens is 4. The van der Waals surface area contributed by atoms with Crippen LogP contribution in [0.2, 0.25) is 0 Å². The molecule has 4 heterocycles. The lowest BCUT2D eigenvalue weighted by Gasteiger charge is -2.22. The molecule has 0 aliphatic carbocycles. The second-order valence-corrected chi connectivity index (χ2v) is 8.43. The number of imidazole rings is 1. The van der Waals surface area contributed by atoms with Crippen LogP contribution in [-0.4, -0.2) is 58.4 Å². The van der Waals surface area contributed by atoms with Crippen LogP contribution in [-0.2, 0) is 17.1 Å². The van der Waals surface area contributed by atoms with E-state index in [1.165, 1.54) is 6.20 Å². The Balaban J connectivity index is 1.51. The largest absolute Gasteiger partial charge is 0.356 e. The predicted octanol–water partition coefficient (Wildman–Crippen LogP) is 0.275. The predicted molar refractivity (Wildman–Crippen MR) is 87.9 cm³/mol. The maximum Gasteiger partial charge on any atom is 0.277 e. The molecule has 2 unspecified atom stereocenters. The van der Waals surface area contributed by atoms with Crippen LogP contribution in [0.4, 0.5) is 5.82 Å². The summed E-state index contributed by atoms with van der Waals surface area (Å²) in [6, 6.07) is 0. The zero-order valence-electron chi connectivity index (χ0n) is 13.7. The highest BCUT2D eigenvalue weighted by Gasteiger charge is 2.45. The summed E-state index contributed by atoms with van der Waals surface area (Å²) < 4.78 is 28.7. The zero-order chi connectivity index (χ0) is 16.9. The van der Waals surface area contributed by atoms with Gasteiger partial charge in [0.1, 0.15) is 12.1 Å². The number of hydrogen-bond acceptors (Lipinski definition) is 6. The van der Waals surface area contributed by atoms with Gasteiger partial charge >= 0.3 is 0 Å². The Bertz CT molecular complexity index is 850. The SMILES string of the molecule is Cc1cncnc1N1CC2CN(S(=O)(=O)c3nccn3C)CC2C1. The van der Waals surface area contributed by atoms with Gasteiger partial charge in [-0.15, -0.1) is 0 Å². The van der Waals surface area contributed by atoms with Gasteiger partial charge in [0.15, 0.2) is 0 Å². The van der Waals surface area contributed by atoms with E-state index in [1.54, 1.807) is 28.4 Å². The van der Waals surface area contributed by atoms with Crippen molar-refractivity contribution < 1.29 is 8.42 Å². The molecule has 128 valence electrons. The monoisotopic (exact) mass is 348 g/mol. The Kier molecular flexibility index (Phi) is 3.57. The third-order valence-corrected chi connectivity index (χ3v) is 6.80. The number of sulfonamides is 1. The molecular weight excluding hydrogens is 328 g/mol. The average molecular weight is 348 g/mol. The first-order chi connectivity index (χ1) is 11.5. The van der Waals surface area contributed by atoms with E-state index in [0.717, 1.165) is 24.5 Å². The Morgan fingerprint density at radius 1 is 1.12 bits per heavy atom. The maximum atomic E-state index is 12.8. The van der Waals surface area contributed by atoms with E-state index < -0.39 is 10.0 Å². The third kappa shape index (κ3) is 2.39. The topological polar surface area (TPSA) is 84.2 Å². The summed E-state index contributed by atoms with van der Waals surface area (Å²) in [5.74, 6) is 1.61. The molecule has 0 aromatic carbocycles. The smallest absolute Gasteiger partial charge is 0.277 e. The molecule has 0 N–H and O–H groups in total. The van der Waals surface area contributed by atoms with Crippen LogP contribution in [0.15, 0.2) is 30.1 Å². The highest BCUT2D eigenvalue weighted by Crippen LogP contribution is 2.36. The molecule has 0 bridgehead atoms. The quantitative estimate of drug-likeness (QED) is 0.792. The van der Waals surface area contributed by atoms with E-state index in [1.807, 2.05) is 13.1 Å². The van der Waals surface area contributed by atoms with Crippen LogP contribution in [0.5, 0.6) is 0 Å². The molecule has 8 nitrogen and oxygen atoms in total. The minimum atomic E-state index is -3.52. The van der Waals surface area contributed by atoms with Crippen molar-refractivity contribution in [3.63, 3.8) is 0 Å². The van der Waals surface area contributed by atoms with Crippen LogP contribution in [0.3, 0.4) is 0 Å². The molecule has 2 aliphatic heterocycles. The fraction of sp³-hybridized carbons (Fsp3) is 0.533. The molecule has 0 spiro atoms. The molecule has 2 aliphatic rings. The first-order valence-electron chi connectivity index (χ1n) is 7.96. The first-order valence-corrected chi connectivity index (χ1v) is 9.40. The van der Waals surface area contributed by atoms with E-state index in [4.69, 9.17) is 0 Å². The van der Waals surface area contributed by atoms with Crippen LogP contribution < -0.4 is 4.90 Å². The standard InChI is InChI=1S/C15H20N6O2S/c1-11-5-16-10-18-14(11)20-6-12-8-21(9-13(12)7-20)24(22,23)15-17-3-4-19(15)2/h3-5,10,12-13H,6-9H2,1-2H3. The first kappa shape index (κ1) is 15.5. The van der Waals surface area contributed by atoms with Gasteiger partial charge < -0.3 is 9.47 Å². The molecule has 0 amide bonds. The fourth-order valence-electron chi connectivity index (χ4n) is 3.76. The van der Waals surface area contributed by atoms with E-state index in [9.17, 15) is 8.42 Å². The Morgan fingerprint density at radius 2 is 1.83 bits per heavy atom. The van der Waals surface area contributed by atoms with Gasteiger partial charge in [0.25, 0.3) is 10.0 Å². The molecule has 2 aromatic rings. The Hall–Kier alpha value is -2.00. The number of aryl methyl sites for hydroxylation is 2. The lowest BCUT2D eigenvalue weighted by Crippen LogP contribution is -2.34. The minimum Gasteiger partial charge on any atom is -0.356 e. The number of hydrogen-bond donors (Lipinski definition) is 0. The van der Waals surface area contributed by atoms with Crippen molar-refractivity contribution in [2.24, 2.45) is 18.9 Å². The van der Waals surface area contributed by atoms with Crippen LogP contribution in [0.25, 0.3) is 0 Å². The van der Waals surface area contributed by atoms with Gasteiger partial charge in [0, 0.05) is 57.4 Å². The van der Waals surface area contributed by atoms with Gasteiger partial charge in [-0.3, -0.25) is 0 Å². The summed E-state index contributed by atoms with van der Waals surface area (Å²) in [4.78, 5) is 14.7. The van der Waals surface area contributed by atoms with Crippen molar-refractivity contribution in [3.05, 3.63) is 30.5 Å². The maximum absolute atomic E-state index is 12.8. The summed E-state index contributed by atoms with van der Waals surface area (Å²) in [7, 11) is -1.81. The summed E-state index contributed by atoms with van der Waals surface area (Å²) in [5.41, 5.74) is 1.05. The highest BCUT2D eigenvalue weighted by atomic mass is 32.2. The third-order valence-electron chi connectivity index (χ3n) is 4.97. The van der Waals surface area contributed by atoms with Gasteiger partial charge in [-0.05, 0) is 18.8 Å². The van der Waals surface area contributed by atoms with E-state index >= 15 is 0 Å². The zero-order valence-corrected chi connectivity index (χ0v) is 14.5. The Morgan fingerprint density at radius 3 is 2.42 bits per heavy atom. The van der Waals surface area contributed by atoms with Crippen molar-refractivity contribution in [1.29, 1.82) is 0 Å². The summed E-state index contributed by atoms with van der Waals surface area (Å²) in [6.07, 6.45) is 6.55. The average Bonchev–Trinajstić information content (AvgIpc) is 3.21. The minimum absolute atomic E-state index is 0.117. The second kappa shape index (κ2) is 5.52. The van der Waals surface area contributed by atoms with Gasteiger partial charge in [-0.25, -0.2) is 23.4 Å². The molecule has 2 fully saturated rings. The van der Waals surface area contributed by atoms with E-state index in [0.29, 0.717) is 24.9 Å². The molecule has 0 saturated carbocycles. The molecule has 24 heavy (non-hydrogen) atoms.